The molecule has 0 amide bonds. The van der Waals surface area contributed by atoms with E-state index in [1.165, 1.54) is 12.1 Å². The third kappa shape index (κ3) is 4.57. The highest BCUT2D eigenvalue weighted by Crippen LogP contribution is 2.28. The van der Waals surface area contributed by atoms with Crippen molar-refractivity contribution in [1.29, 1.82) is 0 Å². The molecule has 1 aromatic heterocycles. The van der Waals surface area contributed by atoms with Gasteiger partial charge in [-0.1, -0.05) is 18.2 Å². The van der Waals surface area contributed by atoms with Crippen LogP contribution in [0.4, 0.5) is 15.8 Å². The largest absolute Gasteiger partial charge is 0.384 e. The maximum absolute atomic E-state index is 13.8. The number of pyridine rings is 1. The quantitative estimate of drug-likeness (QED) is 0.518. The molecule has 1 aliphatic heterocycles. The van der Waals surface area contributed by atoms with Crippen LogP contribution >= 0.6 is 0 Å². The van der Waals surface area contributed by atoms with Crippen molar-refractivity contribution >= 4 is 17.2 Å². The molecule has 0 saturated carbocycles. The van der Waals surface area contributed by atoms with Crippen molar-refractivity contribution in [3.8, 4) is 11.3 Å². The van der Waals surface area contributed by atoms with Gasteiger partial charge in [-0.3, -0.25) is 4.98 Å². The summed E-state index contributed by atoms with van der Waals surface area (Å²) in [5.41, 5.74) is 3.54. The van der Waals surface area contributed by atoms with Gasteiger partial charge in [0.1, 0.15) is 11.7 Å². The van der Waals surface area contributed by atoms with Gasteiger partial charge >= 0.3 is 0 Å². The molecule has 1 unspecified atom stereocenters. The van der Waals surface area contributed by atoms with Crippen LogP contribution in [0.5, 0.6) is 0 Å². The summed E-state index contributed by atoms with van der Waals surface area (Å²) in [5.74, 6) is 0.721. The van der Waals surface area contributed by atoms with Gasteiger partial charge in [0, 0.05) is 35.9 Å². The normalized spacial score (nSPS) is 15.7. The molecule has 4 rings (SSSR count). The van der Waals surface area contributed by atoms with Gasteiger partial charge in [0.05, 0.1) is 11.7 Å². The molecule has 0 saturated heterocycles. The van der Waals surface area contributed by atoms with Gasteiger partial charge in [-0.25, -0.2) is 9.38 Å². The molecular weight excluding hydrogens is 375 g/mol. The number of nitrogens with zero attached hydrogens (tertiary/aromatic N) is 3. The van der Waals surface area contributed by atoms with Crippen LogP contribution in [-0.4, -0.2) is 23.4 Å². The van der Waals surface area contributed by atoms with Crippen molar-refractivity contribution in [2.45, 2.75) is 25.8 Å². The van der Waals surface area contributed by atoms with Crippen molar-refractivity contribution in [2.75, 3.05) is 16.8 Å². The van der Waals surface area contributed by atoms with Gasteiger partial charge in [-0.05, 0) is 74.4 Å². The fraction of sp³-hybridized carbons (Fsp3) is 0.200. The summed E-state index contributed by atoms with van der Waals surface area (Å²) in [6.07, 6.45) is 7.59. The molecule has 0 bridgehead atoms. The molecule has 2 aromatic carbocycles. The monoisotopic (exact) mass is 399 g/mol. The Morgan fingerprint density at radius 2 is 2.03 bits per heavy atom. The van der Waals surface area contributed by atoms with E-state index in [4.69, 9.17) is 0 Å². The lowest BCUT2D eigenvalue weighted by atomic mass is 10.1. The maximum atomic E-state index is 13.8. The van der Waals surface area contributed by atoms with E-state index in [1.807, 2.05) is 37.4 Å². The summed E-state index contributed by atoms with van der Waals surface area (Å²) in [5, 5.41) is 3.39. The van der Waals surface area contributed by atoms with Crippen LogP contribution in [0.3, 0.4) is 0 Å². The minimum absolute atomic E-state index is 0.240. The molecule has 0 aliphatic carbocycles. The molecule has 1 N–H and O–H groups in total. The van der Waals surface area contributed by atoms with Crippen molar-refractivity contribution in [3.05, 3.63) is 91.0 Å². The number of aromatic nitrogens is 1. The molecule has 1 radical (unpaired) electrons. The molecule has 151 valence electrons. The molecule has 4 nitrogen and oxygen atoms in total. The Morgan fingerprint density at radius 3 is 2.83 bits per heavy atom. The first-order valence-electron chi connectivity index (χ1n) is 10.1. The summed E-state index contributed by atoms with van der Waals surface area (Å²) in [7, 11) is 0. The summed E-state index contributed by atoms with van der Waals surface area (Å²) < 4.78 is 13.8. The Kier molecular flexibility index (Phi) is 6.18. The number of halogens is 1. The molecule has 1 atom stereocenters. The highest BCUT2D eigenvalue weighted by atomic mass is 19.1. The zero-order valence-corrected chi connectivity index (χ0v) is 16.9. The second-order valence-electron chi connectivity index (χ2n) is 7.19. The second-order valence-corrected chi connectivity index (χ2v) is 7.19. The first kappa shape index (κ1) is 19.8. The zero-order chi connectivity index (χ0) is 20.8. The minimum atomic E-state index is -0.265. The van der Waals surface area contributed by atoms with Crippen molar-refractivity contribution < 1.29 is 4.39 Å². The van der Waals surface area contributed by atoms with E-state index < -0.39 is 0 Å². The number of rotatable bonds is 7. The molecule has 30 heavy (non-hydrogen) atoms. The number of hydrogen-bond acceptors (Lipinski definition) is 4. The predicted octanol–water partition coefficient (Wildman–Crippen LogP) is 5.70. The lowest BCUT2D eigenvalue weighted by molar-refractivity contribution is 0.628. The Hall–Kier alpha value is -3.47. The van der Waals surface area contributed by atoms with Crippen LogP contribution < -0.4 is 10.2 Å². The third-order valence-electron chi connectivity index (χ3n) is 5.14. The van der Waals surface area contributed by atoms with Crippen LogP contribution in [0.2, 0.25) is 0 Å². The van der Waals surface area contributed by atoms with Gasteiger partial charge in [0.2, 0.25) is 0 Å². The van der Waals surface area contributed by atoms with Crippen LogP contribution in [0.25, 0.3) is 11.3 Å². The van der Waals surface area contributed by atoms with E-state index in [1.54, 1.807) is 18.3 Å². The average Bonchev–Trinajstić information content (AvgIpc) is 2.78. The Labute approximate surface area is 176 Å². The number of nitrogens with one attached hydrogen (secondary N) is 1. The number of para-hydroxylation sites is 1. The van der Waals surface area contributed by atoms with Gasteiger partial charge in [0.25, 0.3) is 0 Å². The molecule has 1 aliphatic rings. The van der Waals surface area contributed by atoms with Gasteiger partial charge < -0.3 is 10.2 Å². The lowest BCUT2D eigenvalue weighted by Gasteiger charge is -2.33. The summed E-state index contributed by atoms with van der Waals surface area (Å²) in [4.78, 5) is 11.1. The highest BCUT2D eigenvalue weighted by molar-refractivity contribution is 5.98. The van der Waals surface area contributed by atoms with E-state index in [9.17, 15) is 4.39 Å². The van der Waals surface area contributed by atoms with Gasteiger partial charge in [-0.15, -0.1) is 0 Å². The smallest absolute Gasteiger partial charge is 0.125 e. The van der Waals surface area contributed by atoms with E-state index in [-0.39, 0.29) is 11.9 Å². The predicted molar refractivity (Wildman–Crippen MR) is 121 cm³/mol. The molecular formula is C25H24FN4. The molecule has 2 heterocycles. The number of amidine groups is 1. The molecule has 0 fully saturated rings. The van der Waals surface area contributed by atoms with E-state index in [0.29, 0.717) is 0 Å². The second kappa shape index (κ2) is 9.35. The Balaban J connectivity index is 1.41. The molecule has 3 aromatic rings. The van der Waals surface area contributed by atoms with Gasteiger partial charge in [-0.2, -0.15) is 0 Å². The van der Waals surface area contributed by atoms with Crippen molar-refractivity contribution in [1.82, 2.24) is 4.98 Å². The molecule has 5 heteroatoms. The van der Waals surface area contributed by atoms with Crippen LogP contribution in [-0.2, 0) is 0 Å². The Morgan fingerprint density at radius 1 is 1.17 bits per heavy atom. The number of aliphatic imine (C=N–C) groups is 1. The number of anilines is 2. The fourth-order valence-electron chi connectivity index (χ4n) is 3.72. The highest BCUT2D eigenvalue weighted by Gasteiger charge is 2.21. The lowest BCUT2D eigenvalue weighted by Crippen LogP contribution is -2.39. The van der Waals surface area contributed by atoms with E-state index in [2.05, 4.69) is 44.5 Å². The Bertz CT molecular complexity index is 1030. The maximum Gasteiger partial charge on any atom is 0.125 e. The van der Waals surface area contributed by atoms with Crippen LogP contribution in [0.1, 0.15) is 19.8 Å². The number of hydrogen-bond donors (Lipinski definition) is 1. The standard InChI is InChI=1S/C25H24FN4/c1-19-27-17-14-22(30(19)21-8-3-2-4-9-21)10-7-16-29-25-18-20(26)12-13-23(25)24-11-5-6-15-28-24/h2-4,6,8-9,11-15,17-18,22,29H,7,10,16H2,1H3. The first-order valence-corrected chi connectivity index (χ1v) is 10.1. The van der Waals surface area contributed by atoms with E-state index >= 15 is 0 Å². The van der Waals surface area contributed by atoms with Crippen LogP contribution in [0, 0.1) is 11.9 Å². The fourth-order valence-corrected chi connectivity index (χ4v) is 3.72. The van der Waals surface area contributed by atoms with Crippen LogP contribution in [0.15, 0.2) is 84.1 Å². The van der Waals surface area contributed by atoms with Crippen molar-refractivity contribution in [2.24, 2.45) is 4.99 Å². The minimum Gasteiger partial charge on any atom is -0.384 e. The van der Waals surface area contributed by atoms with Crippen molar-refractivity contribution in [3.63, 3.8) is 0 Å². The summed E-state index contributed by atoms with van der Waals surface area (Å²) in [6.45, 7) is 2.76. The topological polar surface area (TPSA) is 40.5 Å². The first-order chi connectivity index (χ1) is 14.7. The van der Waals surface area contributed by atoms with Gasteiger partial charge in [0.15, 0.2) is 0 Å². The summed E-state index contributed by atoms with van der Waals surface area (Å²) >= 11 is 0. The van der Waals surface area contributed by atoms with E-state index in [0.717, 1.165) is 47.9 Å². The third-order valence-corrected chi connectivity index (χ3v) is 5.14. The average molecular weight is 399 g/mol. The SMILES string of the molecule is CC1=NC=CC(CCCNc2cc(F)ccc2-c2c[c]ccn2)N1c1ccccc1. The molecule has 0 spiro atoms. The summed E-state index contributed by atoms with van der Waals surface area (Å²) in [6, 6.07) is 21.9. The number of benzene rings is 2. The zero-order valence-electron chi connectivity index (χ0n) is 16.9.